The molecule has 3 atom stereocenters. The third kappa shape index (κ3) is 7.97. The van der Waals surface area contributed by atoms with E-state index in [0.29, 0.717) is 18.1 Å². The Labute approximate surface area is 256 Å². The summed E-state index contributed by atoms with van der Waals surface area (Å²) in [4.78, 5) is 40.0. The topological polar surface area (TPSA) is 114 Å². The highest BCUT2D eigenvalue weighted by Crippen LogP contribution is 2.31. The zero-order valence-electron chi connectivity index (χ0n) is 24.6. The van der Waals surface area contributed by atoms with Crippen molar-refractivity contribution in [2.45, 2.75) is 57.3 Å². The zero-order valence-corrected chi connectivity index (χ0v) is 24.6. The fourth-order valence-corrected chi connectivity index (χ4v) is 4.91. The van der Waals surface area contributed by atoms with Gasteiger partial charge in [0.05, 0.1) is 30.4 Å². The number of ether oxygens (including phenoxy) is 3. The molecule has 4 rings (SSSR count). The van der Waals surface area contributed by atoms with Crippen molar-refractivity contribution in [3.8, 4) is 5.75 Å². The molecule has 0 spiro atoms. The SMILES string of the molecule is COc1ccc([C@@H](O)C(OC(C)C)C(=O)N2C(=O)OC[C@@H]2Cc2ccccc2)cc1CNC(=O)c1ccc(C(F)(F)F)cc1F. The first-order chi connectivity index (χ1) is 21.3. The van der Waals surface area contributed by atoms with Crippen molar-refractivity contribution >= 4 is 17.9 Å². The predicted octanol–water partition coefficient (Wildman–Crippen LogP) is 5.20. The lowest BCUT2D eigenvalue weighted by molar-refractivity contribution is -0.154. The number of methoxy groups -OCH3 is 1. The summed E-state index contributed by atoms with van der Waals surface area (Å²) in [5.74, 6) is -2.87. The maximum absolute atomic E-state index is 14.3. The lowest BCUT2D eigenvalue weighted by Crippen LogP contribution is -2.49. The van der Waals surface area contributed by atoms with Crippen molar-refractivity contribution in [2.75, 3.05) is 13.7 Å². The Balaban J connectivity index is 1.55. The van der Waals surface area contributed by atoms with E-state index in [0.717, 1.165) is 16.5 Å². The summed E-state index contributed by atoms with van der Waals surface area (Å²) in [5.41, 5.74) is -0.489. The van der Waals surface area contributed by atoms with Crippen LogP contribution in [0.1, 0.15) is 52.6 Å². The number of halogens is 4. The van der Waals surface area contributed by atoms with Crippen LogP contribution >= 0.6 is 0 Å². The minimum absolute atomic E-state index is 0.0319. The molecule has 3 amide bonds. The van der Waals surface area contributed by atoms with Crippen LogP contribution in [0.15, 0.2) is 66.7 Å². The Morgan fingerprint density at radius 2 is 1.80 bits per heavy atom. The van der Waals surface area contributed by atoms with Crippen LogP contribution in [-0.4, -0.2) is 59.9 Å². The number of amides is 3. The molecule has 0 aromatic heterocycles. The van der Waals surface area contributed by atoms with E-state index < -0.39 is 65.4 Å². The molecule has 3 aromatic rings. The Bertz CT molecular complexity index is 1530. The number of aliphatic hydroxyl groups excluding tert-OH is 1. The molecule has 9 nitrogen and oxygen atoms in total. The second kappa shape index (κ2) is 14.1. The first-order valence-corrected chi connectivity index (χ1v) is 14.0. The van der Waals surface area contributed by atoms with E-state index in [9.17, 15) is 37.1 Å². The largest absolute Gasteiger partial charge is 0.496 e. The maximum atomic E-state index is 14.3. The van der Waals surface area contributed by atoms with Crippen molar-refractivity contribution in [3.05, 3.63) is 100 Å². The predicted molar refractivity (Wildman–Crippen MR) is 153 cm³/mol. The molecule has 13 heteroatoms. The normalized spacial score (nSPS) is 16.3. The molecule has 2 N–H and O–H groups in total. The number of carbonyl (C=O) groups excluding carboxylic acids is 3. The standard InChI is InChI=1S/C32H32F4N2O7/c1-18(2)45-28(30(41)38-23(17-44-31(38)42)13-19-7-5-4-6-8-19)27(39)20-9-12-26(43-3)21(14-20)16-37-29(40)24-11-10-22(15-25(24)33)32(34,35)36/h4-12,14-15,18,23,27-28,39H,13,16-17H2,1-3H3,(H,37,40)/t23-,27+,28?/m0/s1. The number of alkyl halides is 3. The van der Waals surface area contributed by atoms with Gasteiger partial charge in [0.15, 0.2) is 6.10 Å². The molecule has 0 bridgehead atoms. The van der Waals surface area contributed by atoms with E-state index in [4.69, 9.17) is 14.2 Å². The number of carbonyl (C=O) groups is 3. The molecule has 1 unspecified atom stereocenters. The maximum Gasteiger partial charge on any atom is 0.417 e. The van der Waals surface area contributed by atoms with Gasteiger partial charge in [0.2, 0.25) is 0 Å². The van der Waals surface area contributed by atoms with Gasteiger partial charge in [-0.1, -0.05) is 36.4 Å². The molecule has 0 saturated carbocycles. The van der Waals surface area contributed by atoms with Gasteiger partial charge in [0, 0.05) is 12.1 Å². The van der Waals surface area contributed by atoms with E-state index in [-0.39, 0.29) is 30.5 Å². The monoisotopic (exact) mass is 632 g/mol. The highest BCUT2D eigenvalue weighted by atomic mass is 19.4. The van der Waals surface area contributed by atoms with Crippen molar-refractivity contribution in [2.24, 2.45) is 0 Å². The average molecular weight is 633 g/mol. The minimum atomic E-state index is -4.78. The zero-order chi connectivity index (χ0) is 32.9. The summed E-state index contributed by atoms with van der Waals surface area (Å²) in [5, 5.41) is 13.8. The van der Waals surface area contributed by atoms with Gasteiger partial charge in [-0.05, 0) is 61.7 Å². The van der Waals surface area contributed by atoms with Gasteiger partial charge in [0.1, 0.15) is 24.3 Å². The smallest absolute Gasteiger partial charge is 0.417 e. The van der Waals surface area contributed by atoms with Crippen LogP contribution in [0.2, 0.25) is 0 Å². The van der Waals surface area contributed by atoms with Gasteiger partial charge in [-0.15, -0.1) is 0 Å². The first-order valence-electron chi connectivity index (χ1n) is 14.0. The van der Waals surface area contributed by atoms with Crippen molar-refractivity contribution in [3.63, 3.8) is 0 Å². The Morgan fingerprint density at radius 1 is 1.09 bits per heavy atom. The number of nitrogens with zero attached hydrogens (tertiary/aromatic N) is 1. The number of hydrogen-bond acceptors (Lipinski definition) is 7. The van der Waals surface area contributed by atoms with Crippen LogP contribution in [0.3, 0.4) is 0 Å². The third-order valence-electron chi connectivity index (χ3n) is 7.09. The molecule has 1 aliphatic heterocycles. The molecule has 240 valence electrons. The molecule has 1 fully saturated rings. The molecule has 3 aromatic carbocycles. The van der Waals surface area contributed by atoms with Crippen LogP contribution in [0.5, 0.6) is 5.75 Å². The lowest BCUT2D eigenvalue weighted by Gasteiger charge is -2.29. The number of hydrogen-bond donors (Lipinski definition) is 2. The molecule has 0 radical (unpaired) electrons. The Kier molecular flexibility index (Phi) is 10.5. The van der Waals surface area contributed by atoms with Gasteiger partial charge in [-0.2, -0.15) is 13.2 Å². The fourth-order valence-electron chi connectivity index (χ4n) is 4.91. The van der Waals surface area contributed by atoms with Crippen LogP contribution in [0.25, 0.3) is 0 Å². The quantitative estimate of drug-likeness (QED) is 0.280. The molecular weight excluding hydrogens is 600 g/mol. The van der Waals surface area contributed by atoms with Crippen LogP contribution in [-0.2, 0) is 33.4 Å². The molecular formula is C32H32F4N2O7. The summed E-state index contributed by atoms with van der Waals surface area (Å²) >= 11 is 0. The van der Waals surface area contributed by atoms with E-state index in [1.54, 1.807) is 13.8 Å². The second-order valence-corrected chi connectivity index (χ2v) is 10.6. The number of aliphatic hydroxyl groups is 1. The second-order valence-electron chi connectivity index (χ2n) is 10.6. The Morgan fingerprint density at radius 3 is 2.42 bits per heavy atom. The number of benzene rings is 3. The van der Waals surface area contributed by atoms with E-state index in [1.807, 2.05) is 30.3 Å². The lowest BCUT2D eigenvalue weighted by atomic mass is 9.99. The summed E-state index contributed by atoms with van der Waals surface area (Å²) < 4.78 is 69.3. The summed E-state index contributed by atoms with van der Waals surface area (Å²) in [6, 6.07) is 14.5. The van der Waals surface area contributed by atoms with Gasteiger partial charge in [-0.25, -0.2) is 14.1 Å². The number of nitrogens with one attached hydrogen (secondary N) is 1. The third-order valence-corrected chi connectivity index (χ3v) is 7.09. The summed E-state index contributed by atoms with van der Waals surface area (Å²) in [6.07, 6.45) is -8.95. The van der Waals surface area contributed by atoms with Gasteiger partial charge in [0.25, 0.3) is 11.8 Å². The van der Waals surface area contributed by atoms with Gasteiger partial charge < -0.3 is 24.6 Å². The fraction of sp³-hybridized carbons (Fsp3) is 0.344. The number of cyclic esters (lactones) is 1. The first kappa shape index (κ1) is 33.4. The highest BCUT2D eigenvalue weighted by molar-refractivity contribution is 5.96. The van der Waals surface area contributed by atoms with E-state index in [2.05, 4.69) is 5.32 Å². The van der Waals surface area contributed by atoms with E-state index >= 15 is 0 Å². The molecule has 45 heavy (non-hydrogen) atoms. The molecule has 1 aliphatic rings. The Hall–Kier alpha value is -4.49. The summed E-state index contributed by atoms with van der Waals surface area (Å²) in [7, 11) is 1.35. The van der Waals surface area contributed by atoms with Gasteiger partial charge >= 0.3 is 12.3 Å². The summed E-state index contributed by atoms with van der Waals surface area (Å²) in [6.45, 7) is 3.01. The van der Waals surface area contributed by atoms with Crippen LogP contribution < -0.4 is 10.1 Å². The minimum Gasteiger partial charge on any atom is -0.496 e. The molecule has 1 heterocycles. The molecule has 0 aliphatic carbocycles. The van der Waals surface area contributed by atoms with Crippen molar-refractivity contribution in [1.82, 2.24) is 10.2 Å². The number of rotatable bonds is 11. The van der Waals surface area contributed by atoms with Crippen LogP contribution in [0.4, 0.5) is 22.4 Å². The van der Waals surface area contributed by atoms with E-state index in [1.165, 1.54) is 25.3 Å². The van der Waals surface area contributed by atoms with Crippen molar-refractivity contribution in [1.29, 1.82) is 0 Å². The van der Waals surface area contributed by atoms with Crippen molar-refractivity contribution < 1.29 is 51.3 Å². The van der Waals surface area contributed by atoms with Crippen LogP contribution in [0, 0.1) is 5.82 Å². The molecule has 1 saturated heterocycles. The highest BCUT2D eigenvalue weighted by Gasteiger charge is 2.44. The number of imide groups is 1. The average Bonchev–Trinajstić information content (AvgIpc) is 3.36. The van der Waals surface area contributed by atoms with Gasteiger partial charge in [-0.3, -0.25) is 9.59 Å².